The van der Waals surface area contributed by atoms with E-state index in [0.717, 1.165) is 29.4 Å². The van der Waals surface area contributed by atoms with Gasteiger partial charge in [-0.25, -0.2) is 0 Å². The molecule has 3 rings (SSSR count). The van der Waals surface area contributed by atoms with Crippen molar-refractivity contribution in [2.24, 2.45) is 0 Å². The first-order valence-electron chi connectivity index (χ1n) is 7.27. The number of fused-ring (bicyclic) bond motifs is 1. The van der Waals surface area contributed by atoms with Crippen LogP contribution in [-0.4, -0.2) is 17.3 Å². The zero-order valence-electron chi connectivity index (χ0n) is 13.1. The van der Waals surface area contributed by atoms with Gasteiger partial charge in [-0.3, -0.25) is 0 Å². The van der Waals surface area contributed by atoms with E-state index in [1.165, 1.54) is 16.3 Å². The summed E-state index contributed by atoms with van der Waals surface area (Å²) < 4.78 is 5.25. The number of methoxy groups -OCH3 is 1. The number of anilines is 1. The molecule has 1 aromatic heterocycles. The molecule has 0 fully saturated rings. The third-order valence-corrected chi connectivity index (χ3v) is 3.82. The fourth-order valence-corrected chi connectivity index (χ4v) is 2.34. The highest BCUT2D eigenvalue weighted by Crippen LogP contribution is 2.22. The lowest BCUT2D eigenvalue weighted by Gasteiger charge is -2.08. The van der Waals surface area contributed by atoms with E-state index in [9.17, 15) is 0 Å². The molecule has 3 aromatic rings. The van der Waals surface area contributed by atoms with E-state index in [1.807, 2.05) is 32.0 Å². The van der Waals surface area contributed by atoms with Crippen molar-refractivity contribution in [2.45, 2.75) is 20.4 Å². The molecule has 0 amide bonds. The Bertz CT molecular complexity index is 815. The first-order chi connectivity index (χ1) is 10.7. The van der Waals surface area contributed by atoms with E-state index in [-0.39, 0.29) is 0 Å². The SMILES string of the molecule is COc1ccc2cc(CNc3cc(C)c(C)nn3)ccc2c1. The third-order valence-electron chi connectivity index (χ3n) is 3.82. The van der Waals surface area contributed by atoms with Crippen molar-refractivity contribution in [2.75, 3.05) is 12.4 Å². The smallest absolute Gasteiger partial charge is 0.149 e. The molecule has 4 nitrogen and oxygen atoms in total. The van der Waals surface area contributed by atoms with Gasteiger partial charge in [-0.15, -0.1) is 5.10 Å². The maximum absolute atomic E-state index is 5.25. The summed E-state index contributed by atoms with van der Waals surface area (Å²) in [6.07, 6.45) is 0. The molecule has 112 valence electrons. The van der Waals surface area contributed by atoms with Gasteiger partial charge >= 0.3 is 0 Å². The summed E-state index contributed by atoms with van der Waals surface area (Å²) in [5, 5.41) is 14.0. The summed E-state index contributed by atoms with van der Waals surface area (Å²) in [5.41, 5.74) is 3.31. The number of rotatable bonds is 4. The molecule has 0 unspecified atom stereocenters. The van der Waals surface area contributed by atoms with E-state index < -0.39 is 0 Å². The van der Waals surface area contributed by atoms with Gasteiger partial charge in [0.05, 0.1) is 12.8 Å². The minimum atomic E-state index is 0.721. The summed E-state index contributed by atoms with van der Waals surface area (Å²) in [7, 11) is 1.68. The van der Waals surface area contributed by atoms with Crippen molar-refractivity contribution in [3.05, 3.63) is 59.3 Å². The van der Waals surface area contributed by atoms with Crippen molar-refractivity contribution in [3.63, 3.8) is 0 Å². The van der Waals surface area contributed by atoms with Crippen molar-refractivity contribution in [3.8, 4) is 5.75 Å². The standard InChI is InChI=1S/C18H19N3O/c1-12-8-18(21-20-13(12)2)19-11-14-4-5-16-10-17(22-3)7-6-15(16)9-14/h4-10H,11H2,1-3H3,(H,19,21). The highest BCUT2D eigenvalue weighted by Gasteiger charge is 2.02. The average molecular weight is 293 g/mol. The van der Waals surface area contributed by atoms with Crippen LogP contribution in [-0.2, 0) is 6.54 Å². The molecule has 0 atom stereocenters. The second-order valence-electron chi connectivity index (χ2n) is 5.40. The molecule has 0 aliphatic rings. The Morgan fingerprint density at radius 2 is 1.73 bits per heavy atom. The number of hydrogen-bond donors (Lipinski definition) is 1. The molecule has 0 aliphatic carbocycles. The van der Waals surface area contributed by atoms with Gasteiger partial charge in [-0.05, 0) is 60.0 Å². The molecular weight excluding hydrogens is 274 g/mol. The molecule has 0 aliphatic heterocycles. The second-order valence-corrected chi connectivity index (χ2v) is 5.40. The Labute approximate surface area is 130 Å². The summed E-state index contributed by atoms with van der Waals surface area (Å²) >= 11 is 0. The predicted octanol–water partition coefficient (Wildman–Crippen LogP) is 3.87. The lowest BCUT2D eigenvalue weighted by atomic mass is 10.1. The van der Waals surface area contributed by atoms with Crippen LogP contribution in [0.3, 0.4) is 0 Å². The molecule has 0 bridgehead atoms. The largest absolute Gasteiger partial charge is 0.497 e. The van der Waals surface area contributed by atoms with Crippen LogP contribution in [0.1, 0.15) is 16.8 Å². The van der Waals surface area contributed by atoms with E-state index >= 15 is 0 Å². The lowest BCUT2D eigenvalue weighted by Crippen LogP contribution is -2.03. The molecular formula is C18H19N3O. The van der Waals surface area contributed by atoms with Gasteiger partial charge < -0.3 is 10.1 Å². The molecule has 2 aromatic carbocycles. The van der Waals surface area contributed by atoms with Crippen LogP contribution in [0, 0.1) is 13.8 Å². The van der Waals surface area contributed by atoms with Gasteiger partial charge in [0.2, 0.25) is 0 Å². The quantitative estimate of drug-likeness (QED) is 0.793. The molecule has 1 heterocycles. The van der Waals surface area contributed by atoms with Crippen molar-refractivity contribution in [1.82, 2.24) is 10.2 Å². The van der Waals surface area contributed by atoms with E-state index in [0.29, 0.717) is 0 Å². The highest BCUT2D eigenvalue weighted by atomic mass is 16.5. The maximum Gasteiger partial charge on any atom is 0.149 e. The molecule has 0 spiro atoms. The van der Waals surface area contributed by atoms with Crippen LogP contribution in [0.25, 0.3) is 10.8 Å². The first kappa shape index (κ1) is 14.3. The van der Waals surface area contributed by atoms with Gasteiger partial charge in [0.25, 0.3) is 0 Å². The Balaban J connectivity index is 1.77. The Hall–Kier alpha value is -2.62. The summed E-state index contributed by atoms with van der Waals surface area (Å²) in [5.74, 6) is 1.68. The molecule has 0 saturated heterocycles. The maximum atomic E-state index is 5.25. The zero-order chi connectivity index (χ0) is 15.5. The highest BCUT2D eigenvalue weighted by molar-refractivity contribution is 5.84. The van der Waals surface area contributed by atoms with Crippen LogP contribution in [0.5, 0.6) is 5.75 Å². The summed E-state index contributed by atoms with van der Waals surface area (Å²) in [4.78, 5) is 0. The fraction of sp³-hybridized carbons (Fsp3) is 0.222. The topological polar surface area (TPSA) is 47.0 Å². The van der Waals surface area contributed by atoms with Crippen molar-refractivity contribution >= 4 is 16.6 Å². The zero-order valence-corrected chi connectivity index (χ0v) is 13.1. The van der Waals surface area contributed by atoms with Gasteiger partial charge in [0.1, 0.15) is 11.6 Å². The minimum Gasteiger partial charge on any atom is -0.497 e. The number of nitrogens with one attached hydrogen (secondary N) is 1. The second kappa shape index (κ2) is 6.02. The van der Waals surface area contributed by atoms with E-state index in [2.05, 4.69) is 39.8 Å². The predicted molar refractivity (Wildman–Crippen MR) is 89.3 cm³/mol. The number of nitrogens with zero attached hydrogens (tertiary/aromatic N) is 2. The Kier molecular flexibility index (Phi) is 3.92. The van der Waals surface area contributed by atoms with Crippen LogP contribution in [0.2, 0.25) is 0 Å². The molecule has 0 radical (unpaired) electrons. The monoisotopic (exact) mass is 293 g/mol. The van der Waals surface area contributed by atoms with Gasteiger partial charge in [0, 0.05) is 6.54 Å². The van der Waals surface area contributed by atoms with Crippen LogP contribution in [0.15, 0.2) is 42.5 Å². The van der Waals surface area contributed by atoms with Crippen LogP contribution < -0.4 is 10.1 Å². The van der Waals surface area contributed by atoms with Crippen LogP contribution >= 0.6 is 0 Å². The third kappa shape index (κ3) is 3.01. The number of hydrogen-bond acceptors (Lipinski definition) is 4. The Morgan fingerprint density at radius 1 is 0.955 bits per heavy atom. The van der Waals surface area contributed by atoms with Gasteiger partial charge in [-0.1, -0.05) is 18.2 Å². The van der Waals surface area contributed by atoms with Gasteiger partial charge in [0.15, 0.2) is 0 Å². The van der Waals surface area contributed by atoms with Crippen molar-refractivity contribution in [1.29, 1.82) is 0 Å². The Morgan fingerprint density at radius 3 is 2.50 bits per heavy atom. The van der Waals surface area contributed by atoms with Crippen molar-refractivity contribution < 1.29 is 4.74 Å². The van der Waals surface area contributed by atoms with Gasteiger partial charge in [-0.2, -0.15) is 5.10 Å². The van der Waals surface area contributed by atoms with Crippen LogP contribution in [0.4, 0.5) is 5.82 Å². The molecule has 0 saturated carbocycles. The summed E-state index contributed by atoms with van der Waals surface area (Å²) in [6, 6.07) is 14.5. The summed E-state index contributed by atoms with van der Waals surface area (Å²) in [6.45, 7) is 4.72. The number of aryl methyl sites for hydroxylation is 2. The fourth-order valence-electron chi connectivity index (χ4n) is 2.34. The molecule has 1 N–H and O–H groups in total. The average Bonchev–Trinajstić information content (AvgIpc) is 2.55. The first-order valence-corrected chi connectivity index (χ1v) is 7.27. The number of benzene rings is 2. The molecule has 4 heteroatoms. The normalized spacial score (nSPS) is 10.7. The van der Waals surface area contributed by atoms with E-state index in [1.54, 1.807) is 7.11 Å². The van der Waals surface area contributed by atoms with E-state index in [4.69, 9.17) is 4.74 Å². The minimum absolute atomic E-state index is 0.721. The molecule has 22 heavy (non-hydrogen) atoms. The number of aromatic nitrogens is 2. The lowest BCUT2D eigenvalue weighted by molar-refractivity contribution is 0.415. The number of ether oxygens (including phenoxy) is 1.